The molecule has 0 aliphatic rings. The number of nitrogens with zero attached hydrogens (tertiary/aromatic N) is 1. The molecule has 0 aliphatic heterocycles. The van der Waals surface area contributed by atoms with Gasteiger partial charge in [0, 0.05) is 26.2 Å². The van der Waals surface area contributed by atoms with E-state index in [4.69, 9.17) is 9.47 Å². The van der Waals surface area contributed by atoms with Crippen LogP contribution in [0.1, 0.15) is 26.3 Å². The molecule has 0 fully saturated rings. The molecule has 1 aromatic rings. The van der Waals surface area contributed by atoms with Crippen LogP contribution in [-0.2, 0) is 11.3 Å². The Morgan fingerprint density at radius 1 is 1.00 bits per heavy atom. The summed E-state index contributed by atoms with van der Waals surface area (Å²) in [5.74, 6) is 0.941. The summed E-state index contributed by atoms with van der Waals surface area (Å²) < 4.78 is 11.2. The predicted octanol–water partition coefficient (Wildman–Crippen LogP) is 2.53. The number of hydrogen-bond donors (Lipinski definition) is 1. The first-order valence-electron chi connectivity index (χ1n) is 8.02. The van der Waals surface area contributed by atoms with Gasteiger partial charge in [0.2, 0.25) is 0 Å². The van der Waals surface area contributed by atoms with Crippen LogP contribution in [0.3, 0.4) is 0 Å². The number of hydrogen-bond acceptors (Lipinski definition) is 4. The smallest absolute Gasteiger partial charge is 0.119 e. The van der Waals surface area contributed by atoms with Crippen LogP contribution in [0, 0.1) is 0 Å². The third-order valence-electron chi connectivity index (χ3n) is 3.38. The van der Waals surface area contributed by atoms with E-state index in [-0.39, 0.29) is 0 Å². The van der Waals surface area contributed by atoms with Gasteiger partial charge in [0.1, 0.15) is 12.4 Å². The lowest BCUT2D eigenvalue weighted by atomic mass is 10.2. The summed E-state index contributed by atoms with van der Waals surface area (Å²) in [7, 11) is 0. The molecule has 0 atom stereocenters. The van der Waals surface area contributed by atoms with Gasteiger partial charge in [-0.15, -0.1) is 0 Å². The normalized spacial score (nSPS) is 11.0. The second-order valence-corrected chi connectivity index (χ2v) is 4.90. The Morgan fingerprint density at radius 3 is 2.33 bits per heavy atom. The molecule has 1 rings (SSSR count). The van der Waals surface area contributed by atoms with Gasteiger partial charge in [0.25, 0.3) is 0 Å². The number of likely N-dealkylation sites (N-methyl/N-ethyl adjacent to an activating group) is 1. The van der Waals surface area contributed by atoms with E-state index in [1.165, 1.54) is 5.56 Å². The Morgan fingerprint density at radius 2 is 1.71 bits per heavy atom. The highest BCUT2D eigenvalue weighted by Gasteiger charge is 2.02. The summed E-state index contributed by atoms with van der Waals surface area (Å²) in [6, 6.07) is 8.32. The monoisotopic (exact) mass is 294 g/mol. The fraction of sp³-hybridized carbons (Fsp3) is 0.647. The summed E-state index contributed by atoms with van der Waals surface area (Å²) in [6.45, 7) is 13.4. The molecule has 0 heterocycles. The summed E-state index contributed by atoms with van der Waals surface area (Å²) in [6.07, 6.45) is 0. The van der Waals surface area contributed by atoms with Crippen LogP contribution in [-0.4, -0.2) is 50.9 Å². The van der Waals surface area contributed by atoms with Crippen LogP contribution in [0.4, 0.5) is 0 Å². The van der Waals surface area contributed by atoms with Crippen molar-refractivity contribution < 1.29 is 9.47 Å². The van der Waals surface area contributed by atoms with E-state index in [0.717, 1.165) is 51.7 Å². The van der Waals surface area contributed by atoms with Gasteiger partial charge in [-0.05, 0) is 37.7 Å². The Labute approximate surface area is 129 Å². The quantitative estimate of drug-likeness (QED) is 0.601. The van der Waals surface area contributed by atoms with E-state index in [0.29, 0.717) is 6.61 Å². The van der Waals surface area contributed by atoms with E-state index >= 15 is 0 Å². The first-order chi connectivity index (χ1) is 10.3. The molecule has 0 radical (unpaired) electrons. The van der Waals surface area contributed by atoms with Crippen molar-refractivity contribution in [2.75, 3.05) is 46.0 Å². The Hall–Kier alpha value is -1.10. The predicted molar refractivity (Wildman–Crippen MR) is 87.9 cm³/mol. The van der Waals surface area contributed by atoms with Crippen molar-refractivity contribution >= 4 is 0 Å². The summed E-state index contributed by atoms with van der Waals surface area (Å²) >= 11 is 0. The lowest BCUT2D eigenvalue weighted by Crippen LogP contribution is -2.31. The van der Waals surface area contributed by atoms with Gasteiger partial charge in [0.15, 0.2) is 0 Å². The average Bonchev–Trinajstić information content (AvgIpc) is 2.52. The van der Waals surface area contributed by atoms with Gasteiger partial charge < -0.3 is 14.8 Å². The van der Waals surface area contributed by atoms with Crippen molar-refractivity contribution in [1.29, 1.82) is 0 Å². The van der Waals surface area contributed by atoms with Crippen LogP contribution in [0.2, 0.25) is 0 Å². The molecule has 0 unspecified atom stereocenters. The van der Waals surface area contributed by atoms with Gasteiger partial charge >= 0.3 is 0 Å². The van der Waals surface area contributed by atoms with E-state index in [9.17, 15) is 0 Å². The molecule has 0 saturated carbocycles. The van der Waals surface area contributed by atoms with Crippen molar-refractivity contribution in [2.24, 2.45) is 0 Å². The fourth-order valence-electron chi connectivity index (χ4n) is 2.03. The summed E-state index contributed by atoms with van der Waals surface area (Å²) in [4.78, 5) is 2.34. The minimum atomic E-state index is 0.715. The maximum absolute atomic E-state index is 5.80. The van der Waals surface area contributed by atoms with Gasteiger partial charge in [-0.25, -0.2) is 0 Å². The van der Waals surface area contributed by atoms with Crippen LogP contribution in [0.5, 0.6) is 5.75 Å². The molecule has 0 aliphatic carbocycles. The van der Waals surface area contributed by atoms with Crippen LogP contribution >= 0.6 is 0 Å². The van der Waals surface area contributed by atoms with Crippen LogP contribution in [0.15, 0.2) is 24.3 Å². The highest BCUT2D eigenvalue weighted by Crippen LogP contribution is 2.12. The van der Waals surface area contributed by atoms with Crippen molar-refractivity contribution in [3.05, 3.63) is 29.8 Å². The molecule has 0 bridgehead atoms. The maximum Gasteiger partial charge on any atom is 0.119 e. The summed E-state index contributed by atoms with van der Waals surface area (Å²) in [5.41, 5.74) is 1.29. The zero-order valence-corrected chi connectivity index (χ0v) is 13.7. The lowest BCUT2D eigenvalue weighted by molar-refractivity contribution is 0.108. The molecule has 1 N–H and O–H groups in total. The molecular weight excluding hydrogens is 264 g/mol. The largest absolute Gasteiger partial charge is 0.492 e. The van der Waals surface area contributed by atoms with E-state index in [1.54, 1.807) is 0 Å². The number of ether oxygens (including phenoxy) is 2. The summed E-state index contributed by atoms with van der Waals surface area (Å²) in [5, 5.41) is 3.31. The molecule has 120 valence electrons. The molecule has 21 heavy (non-hydrogen) atoms. The lowest BCUT2D eigenvalue weighted by Gasteiger charge is -2.20. The Kier molecular flexibility index (Phi) is 9.87. The minimum Gasteiger partial charge on any atom is -0.492 e. The molecule has 0 aromatic heterocycles. The van der Waals surface area contributed by atoms with Gasteiger partial charge in [-0.2, -0.15) is 0 Å². The standard InChI is InChI=1S/C17H30N2O2/c1-4-18-15-16-7-9-17(10-8-16)21-14-12-19(5-2)11-13-20-6-3/h7-10,18H,4-6,11-15H2,1-3H3. The average molecular weight is 294 g/mol. The zero-order chi connectivity index (χ0) is 15.3. The Bertz CT molecular complexity index is 354. The van der Waals surface area contributed by atoms with E-state index < -0.39 is 0 Å². The fourth-order valence-corrected chi connectivity index (χ4v) is 2.03. The molecule has 4 nitrogen and oxygen atoms in total. The minimum absolute atomic E-state index is 0.715. The zero-order valence-electron chi connectivity index (χ0n) is 13.7. The Balaban J connectivity index is 2.24. The van der Waals surface area contributed by atoms with Crippen LogP contribution in [0.25, 0.3) is 0 Å². The molecule has 0 amide bonds. The van der Waals surface area contributed by atoms with E-state index in [2.05, 4.69) is 36.2 Å². The highest BCUT2D eigenvalue weighted by atomic mass is 16.5. The molecule has 0 spiro atoms. The van der Waals surface area contributed by atoms with Gasteiger partial charge in [0.05, 0.1) is 6.61 Å². The third kappa shape index (κ3) is 8.05. The SMILES string of the molecule is CCNCc1ccc(OCCN(CC)CCOCC)cc1. The van der Waals surface area contributed by atoms with Crippen molar-refractivity contribution in [2.45, 2.75) is 27.3 Å². The van der Waals surface area contributed by atoms with Crippen molar-refractivity contribution in [3.8, 4) is 5.75 Å². The molecular formula is C17H30N2O2. The maximum atomic E-state index is 5.80. The second-order valence-electron chi connectivity index (χ2n) is 4.90. The van der Waals surface area contributed by atoms with Crippen LogP contribution < -0.4 is 10.1 Å². The molecule has 1 aromatic carbocycles. The highest BCUT2D eigenvalue weighted by molar-refractivity contribution is 5.27. The number of nitrogens with one attached hydrogen (secondary N) is 1. The second kappa shape index (κ2) is 11.5. The third-order valence-corrected chi connectivity index (χ3v) is 3.38. The van der Waals surface area contributed by atoms with Gasteiger partial charge in [-0.3, -0.25) is 4.90 Å². The molecule has 0 saturated heterocycles. The number of rotatable bonds is 12. The number of benzene rings is 1. The first kappa shape index (κ1) is 18.0. The van der Waals surface area contributed by atoms with Crippen molar-refractivity contribution in [1.82, 2.24) is 10.2 Å². The van der Waals surface area contributed by atoms with E-state index in [1.807, 2.05) is 19.1 Å². The molecule has 4 heteroatoms. The van der Waals surface area contributed by atoms with Gasteiger partial charge in [-0.1, -0.05) is 26.0 Å². The van der Waals surface area contributed by atoms with Crippen molar-refractivity contribution in [3.63, 3.8) is 0 Å². The topological polar surface area (TPSA) is 33.7 Å². The first-order valence-corrected chi connectivity index (χ1v) is 8.02.